The molecule has 1 heterocycles. The molecule has 0 aliphatic heterocycles. The second-order valence-corrected chi connectivity index (χ2v) is 10.7. The van der Waals surface area contributed by atoms with E-state index in [2.05, 4.69) is 15.6 Å². The fraction of sp³-hybridized carbons (Fsp3) is 0.355. The van der Waals surface area contributed by atoms with Crippen LogP contribution < -0.4 is 15.5 Å². The van der Waals surface area contributed by atoms with Crippen molar-refractivity contribution in [1.29, 1.82) is 0 Å². The van der Waals surface area contributed by atoms with E-state index >= 15 is 4.39 Å². The number of carboxylic acids is 1. The zero-order chi connectivity index (χ0) is 30.4. The Morgan fingerprint density at radius 2 is 1.61 bits per heavy atom. The van der Waals surface area contributed by atoms with Crippen molar-refractivity contribution in [2.24, 2.45) is 5.92 Å². The number of anilines is 1. The van der Waals surface area contributed by atoms with Gasteiger partial charge in [-0.15, -0.1) is 0 Å². The number of hydrogen-bond donors (Lipinski definition) is 3. The van der Waals surface area contributed by atoms with Crippen LogP contribution in [0.25, 0.3) is 11.1 Å². The Balaban J connectivity index is 1.97. The normalized spacial score (nSPS) is 12.5. The molecular formula is C31H36F2N4O4. The van der Waals surface area contributed by atoms with Crippen LogP contribution in [0, 0.1) is 31.4 Å². The van der Waals surface area contributed by atoms with E-state index in [1.165, 1.54) is 12.1 Å². The molecule has 41 heavy (non-hydrogen) atoms. The van der Waals surface area contributed by atoms with Crippen molar-refractivity contribution >= 4 is 23.6 Å². The molecule has 0 fully saturated rings. The minimum atomic E-state index is -1.40. The van der Waals surface area contributed by atoms with Crippen LogP contribution in [-0.2, 0) is 9.59 Å². The number of carbonyl (C=O) groups is 3. The van der Waals surface area contributed by atoms with Gasteiger partial charge in [-0.05, 0) is 72.7 Å². The molecule has 0 spiro atoms. The quantitative estimate of drug-likeness (QED) is 0.295. The first-order valence-corrected chi connectivity index (χ1v) is 13.3. The van der Waals surface area contributed by atoms with Crippen molar-refractivity contribution in [3.63, 3.8) is 0 Å². The first-order chi connectivity index (χ1) is 19.3. The van der Waals surface area contributed by atoms with E-state index in [0.29, 0.717) is 16.9 Å². The number of carboxylic acid groups (broad SMARTS) is 1. The Morgan fingerprint density at radius 1 is 0.976 bits per heavy atom. The number of aryl methyl sites for hydroxylation is 2. The van der Waals surface area contributed by atoms with Gasteiger partial charge in [0.25, 0.3) is 5.91 Å². The molecule has 0 saturated heterocycles. The number of carbonyl (C=O) groups excluding carboxylic acids is 2. The molecule has 0 radical (unpaired) electrons. The minimum Gasteiger partial charge on any atom is -0.481 e. The number of nitrogens with zero attached hydrogens (tertiary/aromatic N) is 2. The van der Waals surface area contributed by atoms with Crippen molar-refractivity contribution < 1.29 is 28.3 Å². The SMILES string of the molecule is Cc1cccc(C)c1-c1cc(F)c(F)c([C@H](CC(=O)O)NC(=O)[C@H](CC(C)C)NC(=O)c2cccc(N(C)C)n2)c1. The maximum Gasteiger partial charge on any atom is 0.305 e. The highest BCUT2D eigenvalue weighted by molar-refractivity contribution is 5.96. The molecule has 1 aromatic heterocycles. The molecule has 8 nitrogen and oxygen atoms in total. The monoisotopic (exact) mass is 566 g/mol. The maximum absolute atomic E-state index is 15.2. The number of benzene rings is 2. The fourth-order valence-electron chi connectivity index (χ4n) is 4.70. The van der Waals surface area contributed by atoms with Gasteiger partial charge in [-0.25, -0.2) is 13.8 Å². The molecule has 3 N–H and O–H groups in total. The molecule has 2 aromatic carbocycles. The standard InChI is InChI=1S/C31H36F2N4O4/c1-17(2)13-25(36-30(40)23-11-8-12-26(34-23)37(5)6)31(41)35-24(16-27(38)39)21-14-20(15-22(32)29(21)33)28-18(3)9-7-10-19(28)4/h7-12,14-15,17,24-25H,13,16H2,1-6H3,(H,35,41)(H,36,40)(H,38,39)/t24-,25-/m0/s1. The Bertz CT molecular complexity index is 1420. The highest BCUT2D eigenvalue weighted by Gasteiger charge is 2.29. The number of hydrogen-bond acceptors (Lipinski definition) is 5. The lowest BCUT2D eigenvalue weighted by Gasteiger charge is -2.25. The lowest BCUT2D eigenvalue weighted by molar-refractivity contribution is -0.137. The highest BCUT2D eigenvalue weighted by atomic mass is 19.2. The molecular weight excluding hydrogens is 530 g/mol. The largest absolute Gasteiger partial charge is 0.481 e. The molecule has 10 heteroatoms. The zero-order valence-electron chi connectivity index (χ0n) is 24.1. The summed E-state index contributed by atoms with van der Waals surface area (Å²) in [6.07, 6.45) is -0.489. The van der Waals surface area contributed by atoms with E-state index in [4.69, 9.17) is 0 Å². The average Bonchev–Trinajstić information content (AvgIpc) is 2.89. The third-order valence-electron chi connectivity index (χ3n) is 6.65. The highest BCUT2D eigenvalue weighted by Crippen LogP contribution is 2.33. The molecule has 3 rings (SSSR count). The Morgan fingerprint density at radius 3 is 2.20 bits per heavy atom. The number of rotatable bonds is 11. The average molecular weight is 567 g/mol. The molecule has 2 amide bonds. The number of nitrogens with one attached hydrogen (secondary N) is 2. The predicted octanol–water partition coefficient (Wildman–Crippen LogP) is 5.19. The van der Waals surface area contributed by atoms with Gasteiger partial charge in [-0.3, -0.25) is 14.4 Å². The van der Waals surface area contributed by atoms with Crippen LogP contribution >= 0.6 is 0 Å². The lowest BCUT2D eigenvalue weighted by Crippen LogP contribution is -2.48. The minimum absolute atomic E-state index is 0.0356. The van der Waals surface area contributed by atoms with Gasteiger partial charge in [0.15, 0.2) is 11.6 Å². The van der Waals surface area contributed by atoms with Gasteiger partial charge in [0.2, 0.25) is 5.91 Å². The predicted molar refractivity (Wildman–Crippen MR) is 154 cm³/mol. The van der Waals surface area contributed by atoms with Crippen molar-refractivity contribution in [2.75, 3.05) is 19.0 Å². The summed E-state index contributed by atoms with van der Waals surface area (Å²) in [5, 5.41) is 14.8. The van der Waals surface area contributed by atoms with Gasteiger partial charge >= 0.3 is 5.97 Å². The summed E-state index contributed by atoms with van der Waals surface area (Å²) >= 11 is 0. The summed E-state index contributed by atoms with van der Waals surface area (Å²) in [4.78, 5) is 44.3. The lowest BCUT2D eigenvalue weighted by atomic mass is 9.92. The van der Waals surface area contributed by atoms with Crippen LogP contribution in [0.15, 0.2) is 48.5 Å². The van der Waals surface area contributed by atoms with Crippen LogP contribution in [0.3, 0.4) is 0 Å². The second kappa shape index (κ2) is 13.3. The molecule has 0 aliphatic rings. The van der Waals surface area contributed by atoms with Crippen molar-refractivity contribution in [3.8, 4) is 11.1 Å². The number of halogens is 2. The molecule has 0 bridgehead atoms. The fourth-order valence-corrected chi connectivity index (χ4v) is 4.70. The molecule has 0 aliphatic carbocycles. The first kappa shape index (κ1) is 31.2. The summed E-state index contributed by atoms with van der Waals surface area (Å²) in [5.74, 6) is -4.54. The van der Waals surface area contributed by atoms with Crippen LogP contribution in [0.4, 0.5) is 14.6 Å². The number of pyridine rings is 1. The van der Waals surface area contributed by atoms with Crippen LogP contribution in [-0.4, -0.2) is 48.0 Å². The van der Waals surface area contributed by atoms with Crippen molar-refractivity contribution in [2.45, 2.75) is 52.6 Å². The van der Waals surface area contributed by atoms with Crippen LogP contribution in [0.2, 0.25) is 0 Å². The van der Waals surface area contributed by atoms with Gasteiger partial charge < -0.3 is 20.6 Å². The molecule has 3 aromatic rings. The third-order valence-corrected chi connectivity index (χ3v) is 6.65. The summed E-state index contributed by atoms with van der Waals surface area (Å²) in [5.41, 5.74) is 2.49. The summed E-state index contributed by atoms with van der Waals surface area (Å²) in [6, 6.07) is 10.4. The topological polar surface area (TPSA) is 112 Å². The van der Waals surface area contributed by atoms with Gasteiger partial charge in [-0.1, -0.05) is 38.1 Å². The number of aromatic nitrogens is 1. The summed E-state index contributed by atoms with van der Waals surface area (Å²) in [7, 11) is 3.55. The maximum atomic E-state index is 15.2. The number of amides is 2. The Kier molecular flexibility index (Phi) is 10.2. The number of aliphatic carboxylic acids is 1. The molecule has 218 valence electrons. The van der Waals surface area contributed by atoms with E-state index < -0.39 is 47.9 Å². The van der Waals surface area contributed by atoms with E-state index in [9.17, 15) is 23.9 Å². The van der Waals surface area contributed by atoms with E-state index in [1.54, 1.807) is 31.1 Å². The molecule has 0 saturated carbocycles. The first-order valence-electron chi connectivity index (χ1n) is 13.3. The summed E-state index contributed by atoms with van der Waals surface area (Å²) < 4.78 is 30.1. The Hall–Kier alpha value is -4.34. The van der Waals surface area contributed by atoms with Crippen LogP contribution in [0.1, 0.15) is 59.9 Å². The Labute approximate surface area is 238 Å². The van der Waals surface area contributed by atoms with Gasteiger partial charge in [-0.2, -0.15) is 0 Å². The third kappa shape index (κ3) is 7.87. The molecule has 2 atom stereocenters. The zero-order valence-corrected chi connectivity index (χ0v) is 24.1. The van der Waals surface area contributed by atoms with E-state index in [0.717, 1.165) is 17.2 Å². The van der Waals surface area contributed by atoms with Crippen LogP contribution in [0.5, 0.6) is 0 Å². The van der Waals surface area contributed by atoms with E-state index in [1.807, 2.05) is 45.9 Å². The second-order valence-electron chi connectivity index (χ2n) is 10.7. The van der Waals surface area contributed by atoms with Crippen molar-refractivity contribution in [1.82, 2.24) is 15.6 Å². The molecule has 0 unspecified atom stereocenters. The van der Waals surface area contributed by atoms with Gasteiger partial charge in [0, 0.05) is 19.7 Å². The summed E-state index contributed by atoms with van der Waals surface area (Å²) in [6.45, 7) is 7.38. The van der Waals surface area contributed by atoms with Gasteiger partial charge in [0.05, 0.1) is 12.5 Å². The van der Waals surface area contributed by atoms with E-state index in [-0.39, 0.29) is 23.6 Å². The smallest absolute Gasteiger partial charge is 0.305 e. The van der Waals surface area contributed by atoms with Gasteiger partial charge in [0.1, 0.15) is 17.6 Å². The van der Waals surface area contributed by atoms with Crippen molar-refractivity contribution in [3.05, 3.63) is 82.5 Å².